The fourth-order valence-electron chi connectivity index (χ4n) is 2.93. The largest absolute Gasteiger partial charge is 0.354 e. The Labute approximate surface area is 120 Å². The van der Waals surface area contributed by atoms with Crippen LogP contribution in [0.5, 0.6) is 0 Å². The smallest absolute Gasteiger partial charge is 0.0918 e. The second kappa shape index (κ2) is 5.12. The summed E-state index contributed by atoms with van der Waals surface area (Å²) >= 11 is 0. The second-order valence-electron chi connectivity index (χ2n) is 5.66. The van der Waals surface area contributed by atoms with Crippen LogP contribution in [0.1, 0.15) is 27.8 Å². The normalized spacial score (nSPS) is 13.4. The summed E-state index contributed by atoms with van der Waals surface area (Å²) in [6.45, 7) is 8.42. The van der Waals surface area contributed by atoms with Crippen molar-refractivity contribution in [3.8, 4) is 0 Å². The molecule has 0 aromatic heterocycles. The van der Waals surface area contributed by atoms with E-state index < -0.39 is 0 Å². The lowest BCUT2D eigenvalue weighted by Crippen LogP contribution is -2.24. The number of nitrogens with zero attached hydrogens (tertiary/aromatic N) is 2. The van der Waals surface area contributed by atoms with E-state index in [2.05, 4.69) is 61.0 Å². The molecule has 20 heavy (non-hydrogen) atoms. The molecule has 0 saturated carbocycles. The third kappa shape index (κ3) is 2.46. The number of benzene rings is 2. The first-order chi connectivity index (χ1) is 9.63. The Morgan fingerprint density at radius 1 is 1.05 bits per heavy atom. The number of para-hydroxylation sites is 1. The third-order valence-electron chi connectivity index (χ3n) is 3.93. The molecule has 0 saturated heterocycles. The summed E-state index contributed by atoms with van der Waals surface area (Å²) in [5.74, 6) is 0. The SMILES string of the molecule is Cc1cc(C)c(CN2C=Nc3ccccc3C2)c(C)c1. The summed E-state index contributed by atoms with van der Waals surface area (Å²) in [7, 11) is 0. The summed E-state index contributed by atoms with van der Waals surface area (Å²) in [5, 5.41) is 0. The Hall–Kier alpha value is -2.09. The Morgan fingerprint density at radius 3 is 2.50 bits per heavy atom. The van der Waals surface area contributed by atoms with Crippen LogP contribution in [-0.2, 0) is 13.1 Å². The molecule has 0 atom stereocenters. The number of fused-ring (bicyclic) bond motifs is 1. The summed E-state index contributed by atoms with van der Waals surface area (Å²) in [4.78, 5) is 6.83. The predicted molar refractivity (Wildman–Crippen MR) is 84.5 cm³/mol. The predicted octanol–water partition coefficient (Wildman–Crippen LogP) is 4.29. The van der Waals surface area contributed by atoms with Crippen LogP contribution in [0.2, 0.25) is 0 Å². The van der Waals surface area contributed by atoms with E-state index in [9.17, 15) is 0 Å². The molecule has 2 aromatic carbocycles. The highest BCUT2D eigenvalue weighted by atomic mass is 15.2. The van der Waals surface area contributed by atoms with Gasteiger partial charge >= 0.3 is 0 Å². The van der Waals surface area contributed by atoms with E-state index in [4.69, 9.17) is 0 Å². The average molecular weight is 264 g/mol. The van der Waals surface area contributed by atoms with E-state index in [-0.39, 0.29) is 0 Å². The number of hydrogen-bond donors (Lipinski definition) is 0. The first kappa shape index (κ1) is 12.9. The van der Waals surface area contributed by atoms with E-state index in [1.54, 1.807) is 0 Å². The van der Waals surface area contributed by atoms with Crippen molar-refractivity contribution in [2.45, 2.75) is 33.9 Å². The van der Waals surface area contributed by atoms with Gasteiger partial charge in [0, 0.05) is 13.1 Å². The molecule has 0 unspecified atom stereocenters. The van der Waals surface area contributed by atoms with Gasteiger partial charge in [0.1, 0.15) is 0 Å². The quantitative estimate of drug-likeness (QED) is 0.790. The minimum Gasteiger partial charge on any atom is -0.354 e. The maximum atomic E-state index is 4.55. The maximum absolute atomic E-state index is 4.55. The molecule has 0 spiro atoms. The molecule has 1 aliphatic heterocycles. The maximum Gasteiger partial charge on any atom is 0.0918 e. The molecule has 1 heterocycles. The highest BCUT2D eigenvalue weighted by Crippen LogP contribution is 2.25. The lowest BCUT2D eigenvalue weighted by Gasteiger charge is -2.26. The minimum atomic E-state index is 0.926. The van der Waals surface area contributed by atoms with Gasteiger partial charge in [-0.2, -0.15) is 0 Å². The van der Waals surface area contributed by atoms with Crippen LogP contribution in [0.3, 0.4) is 0 Å². The van der Waals surface area contributed by atoms with Crippen molar-refractivity contribution in [3.63, 3.8) is 0 Å². The van der Waals surface area contributed by atoms with Crippen molar-refractivity contribution >= 4 is 12.0 Å². The Bertz CT molecular complexity index is 648. The Morgan fingerprint density at radius 2 is 1.75 bits per heavy atom. The van der Waals surface area contributed by atoms with Gasteiger partial charge in [-0.25, -0.2) is 4.99 Å². The number of hydrogen-bond acceptors (Lipinski definition) is 2. The van der Waals surface area contributed by atoms with Crippen molar-refractivity contribution < 1.29 is 0 Å². The zero-order valence-electron chi connectivity index (χ0n) is 12.4. The van der Waals surface area contributed by atoms with E-state index in [1.165, 1.54) is 27.8 Å². The van der Waals surface area contributed by atoms with Crippen LogP contribution in [0, 0.1) is 20.8 Å². The van der Waals surface area contributed by atoms with Gasteiger partial charge in [-0.05, 0) is 49.1 Å². The monoisotopic (exact) mass is 264 g/mol. The molecule has 2 heteroatoms. The van der Waals surface area contributed by atoms with Crippen molar-refractivity contribution in [1.82, 2.24) is 4.90 Å². The van der Waals surface area contributed by atoms with E-state index in [0.29, 0.717) is 0 Å². The summed E-state index contributed by atoms with van der Waals surface area (Å²) < 4.78 is 0. The van der Waals surface area contributed by atoms with Gasteiger partial charge in [0.15, 0.2) is 0 Å². The Kier molecular flexibility index (Phi) is 3.31. The molecule has 0 amide bonds. The molecule has 2 aromatic rings. The number of rotatable bonds is 2. The van der Waals surface area contributed by atoms with Crippen LogP contribution >= 0.6 is 0 Å². The van der Waals surface area contributed by atoms with Crippen molar-refractivity contribution in [2.75, 3.05) is 0 Å². The molecular weight excluding hydrogens is 244 g/mol. The molecule has 2 nitrogen and oxygen atoms in total. The molecule has 1 aliphatic rings. The first-order valence-corrected chi connectivity index (χ1v) is 7.06. The van der Waals surface area contributed by atoms with Gasteiger partial charge in [0.2, 0.25) is 0 Å². The van der Waals surface area contributed by atoms with Gasteiger partial charge in [-0.3, -0.25) is 0 Å². The minimum absolute atomic E-state index is 0.926. The van der Waals surface area contributed by atoms with Crippen molar-refractivity contribution in [1.29, 1.82) is 0 Å². The standard InChI is InChI=1S/C18H20N2/c1-13-8-14(2)17(15(3)9-13)11-20-10-16-6-4-5-7-18(16)19-12-20/h4-9,12H,10-11H2,1-3H3. The van der Waals surface area contributed by atoms with Crippen LogP contribution in [-0.4, -0.2) is 11.2 Å². The molecule has 0 fully saturated rings. The first-order valence-electron chi connectivity index (χ1n) is 7.06. The van der Waals surface area contributed by atoms with E-state index in [1.807, 2.05) is 12.4 Å². The molecule has 0 radical (unpaired) electrons. The van der Waals surface area contributed by atoms with E-state index in [0.717, 1.165) is 18.8 Å². The topological polar surface area (TPSA) is 15.6 Å². The van der Waals surface area contributed by atoms with Gasteiger partial charge in [0.25, 0.3) is 0 Å². The molecule has 3 rings (SSSR count). The summed E-state index contributed by atoms with van der Waals surface area (Å²) in [6.07, 6.45) is 1.97. The second-order valence-corrected chi connectivity index (χ2v) is 5.66. The number of aryl methyl sites for hydroxylation is 3. The van der Waals surface area contributed by atoms with Gasteiger partial charge in [0.05, 0.1) is 12.0 Å². The molecule has 0 N–H and O–H groups in total. The van der Waals surface area contributed by atoms with Gasteiger partial charge in [-0.15, -0.1) is 0 Å². The van der Waals surface area contributed by atoms with Crippen molar-refractivity contribution in [3.05, 3.63) is 64.2 Å². The lowest BCUT2D eigenvalue weighted by atomic mass is 9.99. The molecular formula is C18H20N2. The molecule has 102 valence electrons. The summed E-state index contributed by atoms with van der Waals surface area (Å²) in [5.41, 5.74) is 7.89. The summed E-state index contributed by atoms with van der Waals surface area (Å²) in [6, 6.07) is 12.9. The highest BCUT2D eigenvalue weighted by Gasteiger charge is 2.13. The zero-order chi connectivity index (χ0) is 14.1. The van der Waals surface area contributed by atoms with Crippen LogP contribution in [0.4, 0.5) is 5.69 Å². The Balaban J connectivity index is 1.84. The van der Waals surface area contributed by atoms with Crippen molar-refractivity contribution in [2.24, 2.45) is 4.99 Å². The van der Waals surface area contributed by atoms with Crippen LogP contribution < -0.4 is 0 Å². The highest BCUT2D eigenvalue weighted by molar-refractivity contribution is 5.67. The van der Waals surface area contributed by atoms with Crippen LogP contribution in [0.15, 0.2) is 41.4 Å². The average Bonchev–Trinajstić information content (AvgIpc) is 2.42. The lowest BCUT2D eigenvalue weighted by molar-refractivity contribution is 0.412. The van der Waals surface area contributed by atoms with Gasteiger partial charge < -0.3 is 4.90 Å². The number of aliphatic imine (C=N–C) groups is 1. The third-order valence-corrected chi connectivity index (χ3v) is 3.93. The fraction of sp³-hybridized carbons (Fsp3) is 0.278. The fourth-order valence-corrected chi connectivity index (χ4v) is 2.93. The molecule has 0 aliphatic carbocycles. The zero-order valence-corrected chi connectivity index (χ0v) is 12.4. The molecule has 0 bridgehead atoms. The van der Waals surface area contributed by atoms with Crippen LogP contribution in [0.25, 0.3) is 0 Å². The van der Waals surface area contributed by atoms with E-state index >= 15 is 0 Å². The van der Waals surface area contributed by atoms with Gasteiger partial charge in [-0.1, -0.05) is 35.9 Å².